The van der Waals surface area contributed by atoms with Crippen LogP contribution in [-0.2, 0) is 27.2 Å². The van der Waals surface area contributed by atoms with Gasteiger partial charge >= 0.3 is 5.97 Å². The average Bonchev–Trinajstić information content (AvgIpc) is 2.62. The van der Waals surface area contributed by atoms with E-state index < -0.39 is 24.0 Å². The minimum atomic E-state index is -1.17. The van der Waals surface area contributed by atoms with E-state index in [1.807, 2.05) is 30.3 Å². The van der Waals surface area contributed by atoms with E-state index in [2.05, 4.69) is 31.5 Å². The molecule has 7 nitrogen and oxygen atoms in total. The van der Waals surface area contributed by atoms with Crippen LogP contribution in [0.5, 0.6) is 0 Å². The number of carbonyl (C=O) groups is 3. The van der Waals surface area contributed by atoms with Crippen molar-refractivity contribution in [3.8, 4) is 0 Å². The summed E-state index contributed by atoms with van der Waals surface area (Å²) < 4.78 is 0.521. The number of halogens is 1. The zero-order valence-corrected chi connectivity index (χ0v) is 16.3. The molecule has 2 rings (SSSR count). The van der Waals surface area contributed by atoms with Gasteiger partial charge in [0, 0.05) is 26.0 Å². The molecule has 142 valence electrons. The molecular weight excluding hydrogens is 414 g/mol. The number of carboxylic acid groups (broad SMARTS) is 1. The zero-order chi connectivity index (χ0) is 19.8. The van der Waals surface area contributed by atoms with Crippen molar-refractivity contribution in [3.63, 3.8) is 0 Å². The van der Waals surface area contributed by atoms with Gasteiger partial charge in [0.2, 0.25) is 11.8 Å². The van der Waals surface area contributed by atoms with Crippen molar-refractivity contribution < 1.29 is 19.5 Å². The van der Waals surface area contributed by atoms with E-state index in [4.69, 9.17) is 0 Å². The molecule has 0 saturated heterocycles. The molecule has 27 heavy (non-hydrogen) atoms. The van der Waals surface area contributed by atoms with Crippen LogP contribution in [0.3, 0.4) is 0 Å². The standard InChI is InChI=1S/C19H20BrN3O4/c1-12(24)22-15(10-13-6-3-2-4-7-13)18(25)23-16(19(26)27)11-14-8-5-9-21-17(14)20/h2-9,15-16H,10-11H2,1H3,(H,22,24)(H,23,25)(H,26,27)/t15-,16+/m0/s1. The summed E-state index contributed by atoms with van der Waals surface area (Å²) in [7, 11) is 0. The van der Waals surface area contributed by atoms with Crippen LogP contribution in [0.15, 0.2) is 53.3 Å². The molecule has 0 aliphatic rings. The molecule has 0 unspecified atom stereocenters. The van der Waals surface area contributed by atoms with Crippen molar-refractivity contribution >= 4 is 33.7 Å². The zero-order valence-electron chi connectivity index (χ0n) is 14.7. The van der Waals surface area contributed by atoms with Gasteiger partial charge in [-0.3, -0.25) is 9.59 Å². The molecule has 0 aliphatic carbocycles. The summed E-state index contributed by atoms with van der Waals surface area (Å²) in [6.07, 6.45) is 1.90. The minimum absolute atomic E-state index is 0.0631. The normalized spacial score (nSPS) is 12.7. The highest BCUT2D eigenvalue weighted by molar-refractivity contribution is 9.10. The Morgan fingerprint density at radius 3 is 2.33 bits per heavy atom. The molecule has 0 radical (unpaired) electrons. The predicted molar refractivity (Wildman–Crippen MR) is 103 cm³/mol. The molecular formula is C19H20BrN3O4. The molecule has 1 aromatic carbocycles. The Balaban J connectivity index is 2.13. The van der Waals surface area contributed by atoms with Crippen LogP contribution >= 0.6 is 15.9 Å². The maximum atomic E-state index is 12.7. The van der Waals surface area contributed by atoms with E-state index in [0.29, 0.717) is 10.2 Å². The number of amides is 2. The van der Waals surface area contributed by atoms with Crippen molar-refractivity contribution in [1.82, 2.24) is 15.6 Å². The van der Waals surface area contributed by atoms with Gasteiger partial charge in [0.05, 0.1) is 0 Å². The van der Waals surface area contributed by atoms with Crippen molar-refractivity contribution in [3.05, 3.63) is 64.4 Å². The molecule has 0 saturated carbocycles. The van der Waals surface area contributed by atoms with Crippen LogP contribution in [0.1, 0.15) is 18.1 Å². The molecule has 1 heterocycles. The second-order valence-electron chi connectivity index (χ2n) is 6.00. The number of aromatic nitrogens is 1. The van der Waals surface area contributed by atoms with Gasteiger partial charge in [-0.2, -0.15) is 0 Å². The Kier molecular flexibility index (Phi) is 7.48. The summed E-state index contributed by atoms with van der Waals surface area (Å²) in [5, 5.41) is 14.6. The second kappa shape index (κ2) is 9.82. The average molecular weight is 434 g/mol. The molecule has 3 N–H and O–H groups in total. The Morgan fingerprint density at radius 2 is 1.74 bits per heavy atom. The number of carbonyl (C=O) groups excluding carboxylic acids is 2. The van der Waals surface area contributed by atoms with Gasteiger partial charge in [0.25, 0.3) is 0 Å². The third-order valence-electron chi connectivity index (χ3n) is 3.85. The van der Waals surface area contributed by atoms with E-state index in [1.54, 1.807) is 18.3 Å². The highest BCUT2D eigenvalue weighted by Crippen LogP contribution is 2.15. The highest BCUT2D eigenvalue weighted by atomic mass is 79.9. The van der Waals surface area contributed by atoms with E-state index in [-0.39, 0.29) is 18.7 Å². The fourth-order valence-corrected chi connectivity index (χ4v) is 2.98. The van der Waals surface area contributed by atoms with Crippen LogP contribution < -0.4 is 10.6 Å². The maximum absolute atomic E-state index is 12.7. The number of hydrogen-bond acceptors (Lipinski definition) is 4. The van der Waals surface area contributed by atoms with Crippen LogP contribution in [0, 0.1) is 0 Å². The Hall–Kier alpha value is -2.74. The first-order valence-electron chi connectivity index (χ1n) is 8.30. The number of pyridine rings is 1. The van der Waals surface area contributed by atoms with Gasteiger partial charge in [0.1, 0.15) is 16.7 Å². The number of hydrogen-bond donors (Lipinski definition) is 3. The van der Waals surface area contributed by atoms with Crippen molar-refractivity contribution in [2.24, 2.45) is 0 Å². The summed E-state index contributed by atoms with van der Waals surface area (Å²) >= 11 is 3.27. The van der Waals surface area contributed by atoms with E-state index in [0.717, 1.165) is 5.56 Å². The third kappa shape index (κ3) is 6.49. The molecule has 0 fully saturated rings. The Bertz CT molecular complexity index is 814. The topological polar surface area (TPSA) is 108 Å². The van der Waals surface area contributed by atoms with E-state index in [9.17, 15) is 19.5 Å². The van der Waals surface area contributed by atoms with Crippen molar-refractivity contribution in [2.45, 2.75) is 31.8 Å². The van der Waals surface area contributed by atoms with Crippen molar-refractivity contribution in [2.75, 3.05) is 0 Å². The molecule has 8 heteroatoms. The first-order valence-corrected chi connectivity index (χ1v) is 9.09. The number of aliphatic carboxylic acids is 1. The predicted octanol–water partition coefficient (Wildman–Crippen LogP) is 1.70. The molecule has 2 atom stereocenters. The summed E-state index contributed by atoms with van der Waals surface area (Å²) in [6, 6.07) is 10.6. The quantitative estimate of drug-likeness (QED) is 0.549. The molecule has 0 bridgehead atoms. The molecule has 1 aromatic heterocycles. The smallest absolute Gasteiger partial charge is 0.326 e. The number of benzene rings is 1. The fraction of sp³-hybridized carbons (Fsp3) is 0.263. The van der Waals surface area contributed by atoms with E-state index >= 15 is 0 Å². The van der Waals surface area contributed by atoms with Gasteiger partial charge in [-0.25, -0.2) is 9.78 Å². The summed E-state index contributed by atoms with van der Waals surface area (Å²) in [5.41, 5.74) is 1.51. The van der Waals surface area contributed by atoms with Crippen LogP contribution in [-0.4, -0.2) is 40.0 Å². The van der Waals surface area contributed by atoms with Crippen LogP contribution in [0.4, 0.5) is 0 Å². The second-order valence-corrected chi connectivity index (χ2v) is 6.75. The SMILES string of the molecule is CC(=O)N[C@@H](Cc1ccccc1)C(=O)N[C@H](Cc1cccnc1Br)C(=O)O. The van der Waals surface area contributed by atoms with Crippen LogP contribution in [0.2, 0.25) is 0 Å². The van der Waals surface area contributed by atoms with Gasteiger partial charge in [-0.15, -0.1) is 0 Å². The lowest BCUT2D eigenvalue weighted by Gasteiger charge is -2.21. The number of nitrogens with zero attached hydrogens (tertiary/aromatic N) is 1. The molecule has 0 spiro atoms. The molecule has 0 aliphatic heterocycles. The summed E-state index contributed by atoms with van der Waals surface area (Å²) in [5.74, 6) is -2.09. The number of rotatable bonds is 8. The Morgan fingerprint density at radius 1 is 1.04 bits per heavy atom. The van der Waals surface area contributed by atoms with Gasteiger partial charge in [-0.1, -0.05) is 36.4 Å². The molecule has 2 aromatic rings. The summed E-state index contributed by atoms with van der Waals surface area (Å²) in [4.78, 5) is 39.8. The summed E-state index contributed by atoms with van der Waals surface area (Å²) in [6.45, 7) is 1.31. The minimum Gasteiger partial charge on any atom is -0.480 e. The first kappa shape index (κ1) is 20.6. The van der Waals surface area contributed by atoms with E-state index in [1.165, 1.54) is 6.92 Å². The number of nitrogens with one attached hydrogen (secondary N) is 2. The Labute approximate surface area is 165 Å². The highest BCUT2D eigenvalue weighted by Gasteiger charge is 2.27. The van der Waals surface area contributed by atoms with Crippen LogP contribution in [0.25, 0.3) is 0 Å². The van der Waals surface area contributed by atoms with Crippen molar-refractivity contribution in [1.29, 1.82) is 0 Å². The maximum Gasteiger partial charge on any atom is 0.326 e. The monoisotopic (exact) mass is 433 g/mol. The van der Waals surface area contributed by atoms with Gasteiger partial charge in [0.15, 0.2) is 0 Å². The lowest BCUT2D eigenvalue weighted by atomic mass is 10.0. The number of carboxylic acids is 1. The lowest BCUT2D eigenvalue weighted by Crippen LogP contribution is -2.52. The third-order valence-corrected chi connectivity index (χ3v) is 4.57. The van der Waals surface area contributed by atoms with Gasteiger partial charge in [-0.05, 0) is 33.1 Å². The first-order chi connectivity index (χ1) is 12.9. The van der Waals surface area contributed by atoms with Gasteiger partial charge < -0.3 is 15.7 Å². The lowest BCUT2D eigenvalue weighted by molar-refractivity contribution is -0.142. The fourth-order valence-electron chi connectivity index (χ4n) is 2.57. The largest absolute Gasteiger partial charge is 0.480 e. The molecule has 2 amide bonds.